The molecule has 4 N–H and O–H groups in total. The summed E-state index contributed by atoms with van der Waals surface area (Å²) in [6, 6.07) is 7.03. The van der Waals surface area contributed by atoms with E-state index in [9.17, 15) is 19.2 Å². The molecule has 206 valence electrons. The third-order valence-electron chi connectivity index (χ3n) is 6.45. The van der Waals surface area contributed by atoms with Gasteiger partial charge >= 0.3 is 231 Å². The van der Waals surface area contributed by atoms with E-state index in [4.69, 9.17) is 4.74 Å². The van der Waals surface area contributed by atoms with Crippen molar-refractivity contribution in [1.29, 1.82) is 0 Å². The van der Waals surface area contributed by atoms with Crippen LogP contribution in [0.3, 0.4) is 0 Å². The van der Waals surface area contributed by atoms with E-state index in [0.29, 0.717) is 19.3 Å². The van der Waals surface area contributed by atoms with Crippen LogP contribution in [0.2, 0.25) is 0 Å². The summed E-state index contributed by atoms with van der Waals surface area (Å²) in [6.07, 6.45) is 5.15. The normalized spacial score (nSPS) is 18.3. The van der Waals surface area contributed by atoms with Crippen molar-refractivity contribution in [2.75, 3.05) is 25.7 Å². The second-order valence-electron chi connectivity index (χ2n) is 9.17. The number of methoxy groups -OCH3 is 1. The van der Waals surface area contributed by atoms with Gasteiger partial charge in [-0.1, -0.05) is 0 Å². The molecule has 2 amide bonds. The number of hydrogen-bond acceptors (Lipinski definition) is 8. The maximum atomic E-state index is 13.4. The number of esters is 1. The topological polar surface area (TPSA) is 126 Å². The minimum atomic E-state index is -0.797. The second kappa shape index (κ2) is 16.8. The van der Waals surface area contributed by atoms with Gasteiger partial charge in [0.25, 0.3) is 0 Å². The van der Waals surface area contributed by atoms with Gasteiger partial charge < -0.3 is 0 Å². The van der Waals surface area contributed by atoms with Crippen molar-refractivity contribution in [3.8, 4) is 0 Å². The summed E-state index contributed by atoms with van der Waals surface area (Å²) in [5, 5.41) is 9.00. The number of benzene rings is 1. The number of carbonyl (C=O) groups excluding carboxylic acids is 4. The van der Waals surface area contributed by atoms with Crippen molar-refractivity contribution in [3.63, 3.8) is 0 Å². The van der Waals surface area contributed by atoms with Gasteiger partial charge in [0.1, 0.15) is 0 Å². The molecule has 1 aromatic rings. The van der Waals surface area contributed by atoms with Gasteiger partial charge in [-0.05, 0) is 0 Å². The van der Waals surface area contributed by atoms with Crippen LogP contribution in [0.25, 0.3) is 0 Å². The predicted octanol–water partition coefficient (Wildman–Crippen LogP) is 1.03. The summed E-state index contributed by atoms with van der Waals surface area (Å²) in [5.74, 6) is -0.348. The molecule has 0 aliphatic carbocycles. The summed E-state index contributed by atoms with van der Waals surface area (Å²) >= 11 is 0.838. The Kier molecular flexibility index (Phi) is 14.2. The molecule has 5 atom stereocenters. The predicted molar refractivity (Wildman–Crippen MR) is 147 cm³/mol. The summed E-state index contributed by atoms with van der Waals surface area (Å²) in [6.45, 7) is 4.66. The van der Waals surface area contributed by atoms with Crippen molar-refractivity contribution in [2.24, 2.45) is 5.92 Å². The van der Waals surface area contributed by atoms with Gasteiger partial charge in [-0.2, -0.15) is 0 Å². The fraction of sp³-hybridized carbons (Fsp3) is 0.615. The Hall–Kier alpha value is -1.91. The Labute approximate surface area is 230 Å². The van der Waals surface area contributed by atoms with Crippen molar-refractivity contribution in [2.45, 2.75) is 70.1 Å². The van der Waals surface area contributed by atoms with Crippen molar-refractivity contribution in [1.82, 2.24) is 20.3 Å². The SMILES string of the molecule is CC[C@H](C)[C@H](NC(=O)[C@@H]1CCCN1)C(=O)N[C@@H](Cc1ccccc1)C(=O)[Se]N[C@@H](CCSC)C(=O)OC. The Morgan fingerprint density at radius 2 is 1.89 bits per heavy atom. The van der Waals surface area contributed by atoms with Crippen molar-refractivity contribution >= 4 is 49.4 Å². The second-order valence-corrected chi connectivity index (χ2v) is 11.9. The Morgan fingerprint density at radius 1 is 1.16 bits per heavy atom. The van der Waals surface area contributed by atoms with Gasteiger partial charge in [0.2, 0.25) is 0 Å². The Morgan fingerprint density at radius 3 is 2.49 bits per heavy atom. The third kappa shape index (κ3) is 10.4. The van der Waals surface area contributed by atoms with Gasteiger partial charge in [-0.15, -0.1) is 0 Å². The van der Waals surface area contributed by atoms with Crippen LogP contribution in [0.5, 0.6) is 0 Å². The molecular weight excluding hydrogens is 559 g/mol. The van der Waals surface area contributed by atoms with Crippen LogP contribution in [0.15, 0.2) is 30.3 Å². The van der Waals surface area contributed by atoms with E-state index in [1.165, 1.54) is 7.11 Å². The Balaban J connectivity index is 2.15. The zero-order chi connectivity index (χ0) is 27.2. The summed E-state index contributed by atoms with van der Waals surface area (Å²) in [4.78, 5) is 51.7. The summed E-state index contributed by atoms with van der Waals surface area (Å²) < 4.78 is 7.77. The maximum absolute atomic E-state index is 13.4. The number of hydrogen-bond donors (Lipinski definition) is 4. The van der Waals surface area contributed by atoms with Crippen molar-refractivity contribution < 1.29 is 23.9 Å². The molecule has 1 aliphatic heterocycles. The average Bonchev–Trinajstić information content (AvgIpc) is 3.46. The van der Waals surface area contributed by atoms with E-state index in [2.05, 4.69) is 20.3 Å². The van der Waals surface area contributed by atoms with E-state index < -0.39 is 39.3 Å². The van der Waals surface area contributed by atoms with Gasteiger partial charge in [0.15, 0.2) is 0 Å². The number of nitrogens with one attached hydrogen (secondary N) is 4. The quantitative estimate of drug-likeness (QED) is 0.164. The number of carbonyl (C=O) groups is 4. The first kappa shape index (κ1) is 31.3. The van der Waals surface area contributed by atoms with E-state index in [1.54, 1.807) is 11.8 Å². The summed E-state index contributed by atoms with van der Waals surface area (Å²) in [5.41, 5.74) is 0.906. The van der Waals surface area contributed by atoms with Crippen LogP contribution < -0.4 is 20.3 Å². The number of amides is 2. The first-order chi connectivity index (χ1) is 17.8. The fourth-order valence-corrected chi connectivity index (χ4v) is 6.03. The molecule has 2 rings (SSSR count). The first-order valence-electron chi connectivity index (χ1n) is 12.7. The van der Waals surface area contributed by atoms with Crippen LogP contribution in [0.4, 0.5) is 0 Å². The Bertz CT molecular complexity index is 885. The fourth-order valence-electron chi connectivity index (χ4n) is 3.97. The van der Waals surface area contributed by atoms with Crippen LogP contribution in [-0.4, -0.2) is 87.5 Å². The molecule has 1 heterocycles. The van der Waals surface area contributed by atoms with E-state index in [-0.39, 0.29) is 28.5 Å². The zero-order valence-corrected chi connectivity index (χ0v) is 24.6. The molecule has 1 aliphatic rings. The van der Waals surface area contributed by atoms with E-state index in [0.717, 1.165) is 30.7 Å². The van der Waals surface area contributed by atoms with Crippen molar-refractivity contribution in [3.05, 3.63) is 35.9 Å². The molecule has 9 nitrogen and oxygen atoms in total. The first-order valence-corrected chi connectivity index (χ1v) is 15.8. The van der Waals surface area contributed by atoms with Gasteiger partial charge in [0, 0.05) is 0 Å². The average molecular weight is 600 g/mol. The van der Waals surface area contributed by atoms with Crippen LogP contribution >= 0.6 is 11.8 Å². The van der Waals surface area contributed by atoms with Crippen LogP contribution in [0, 0.1) is 5.92 Å². The molecule has 0 radical (unpaired) electrons. The molecule has 0 saturated carbocycles. The van der Waals surface area contributed by atoms with Crippen LogP contribution in [0.1, 0.15) is 45.1 Å². The van der Waals surface area contributed by atoms with Gasteiger partial charge in [0.05, 0.1) is 0 Å². The molecule has 11 heteroatoms. The molecular formula is C26H40N4O5SSe. The monoisotopic (exact) mass is 600 g/mol. The molecule has 0 unspecified atom stereocenters. The standard InChI is InChI=1S/C26H40N4O5SSe/c1-5-17(2)22(29-23(31)19-12-9-14-27-19)24(32)28-21(16-18-10-7-6-8-11-18)26(34)37-30-20(13-15-36-4)25(33)35-3/h6-8,10-11,17,19-22,27,30H,5,9,12-16H2,1-4H3,(H,28,32)(H,29,31)/t17-,19-,20-,21-,22-/m0/s1. The number of rotatable bonds is 16. The summed E-state index contributed by atoms with van der Waals surface area (Å²) in [7, 11) is 1.33. The third-order valence-corrected chi connectivity index (χ3v) is 8.96. The molecule has 1 saturated heterocycles. The molecule has 37 heavy (non-hydrogen) atoms. The van der Waals surface area contributed by atoms with E-state index >= 15 is 0 Å². The molecule has 0 bridgehead atoms. The molecule has 0 aromatic heterocycles. The zero-order valence-electron chi connectivity index (χ0n) is 22.1. The number of thioether (sulfide) groups is 1. The van der Waals surface area contributed by atoms with Gasteiger partial charge in [-0.25, -0.2) is 0 Å². The molecule has 1 aromatic carbocycles. The van der Waals surface area contributed by atoms with E-state index in [1.807, 2.05) is 50.4 Å². The van der Waals surface area contributed by atoms with Crippen LogP contribution in [-0.2, 0) is 30.3 Å². The molecule has 0 spiro atoms. The minimum absolute atomic E-state index is 0.114. The van der Waals surface area contributed by atoms with Gasteiger partial charge in [-0.3, -0.25) is 0 Å². The molecule has 1 fully saturated rings. The number of ether oxygens (including phenoxy) is 1.